The first-order valence-electron chi connectivity index (χ1n) is 14.0. The second-order valence-corrected chi connectivity index (χ2v) is 12.7. The number of methoxy groups -OCH3 is 1. The van der Waals surface area contributed by atoms with Crippen molar-refractivity contribution in [1.29, 1.82) is 0 Å². The van der Waals surface area contributed by atoms with E-state index in [-0.39, 0.29) is 23.9 Å². The average Bonchev–Trinajstić information content (AvgIpc) is 3.24. The number of aromatic nitrogens is 2. The Bertz CT molecular complexity index is 1410. The van der Waals surface area contributed by atoms with Crippen LogP contribution in [0.5, 0.6) is 0 Å². The summed E-state index contributed by atoms with van der Waals surface area (Å²) in [7, 11) is 0.989. The number of fused-ring (bicyclic) bond motifs is 4. The van der Waals surface area contributed by atoms with Crippen LogP contribution in [0, 0.1) is 11.8 Å². The van der Waals surface area contributed by atoms with E-state index in [0.717, 1.165) is 45.9 Å². The minimum atomic E-state index is -1.20. The second kappa shape index (κ2) is 9.28. The molecule has 3 N–H and O–H groups in total. The summed E-state index contributed by atoms with van der Waals surface area (Å²) in [5.41, 5.74) is 2.03. The number of amides is 1. The standard InChI is InChI=1S/C29H39BN4O5/c1-15(2)23(33-27(36)37-7)26(35)34-21-13-17(21)14-22(34)25-31-20-11-8-16-12-18(9-10-19(16)24(20)32-25)30-38-28(3,4)29(5,6)39-30/h8-12,15,17,21-23,27,33,36H,13-14H2,1-7H3,(H,31,32)/t17-,21-,22+,23+,27?/m1/s1. The summed E-state index contributed by atoms with van der Waals surface area (Å²) in [6.45, 7) is 12.2. The van der Waals surface area contributed by atoms with Crippen molar-refractivity contribution in [2.24, 2.45) is 11.8 Å². The van der Waals surface area contributed by atoms with Crippen molar-refractivity contribution in [2.75, 3.05) is 7.11 Å². The smallest absolute Gasteiger partial charge is 0.399 e. The molecule has 3 aliphatic rings. The van der Waals surface area contributed by atoms with E-state index < -0.39 is 30.8 Å². The van der Waals surface area contributed by atoms with Crippen molar-refractivity contribution in [1.82, 2.24) is 20.2 Å². The van der Waals surface area contributed by atoms with Crippen molar-refractivity contribution >= 4 is 40.3 Å². The third kappa shape index (κ3) is 4.46. The van der Waals surface area contributed by atoms with Gasteiger partial charge < -0.3 is 29.0 Å². The number of H-pyrrole nitrogens is 1. The van der Waals surface area contributed by atoms with Gasteiger partial charge in [-0.3, -0.25) is 10.1 Å². The van der Waals surface area contributed by atoms with E-state index in [9.17, 15) is 9.90 Å². The summed E-state index contributed by atoms with van der Waals surface area (Å²) < 4.78 is 17.5. The summed E-state index contributed by atoms with van der Waals surface area (Å²) in [5, 5.41) is 15.1. The first-order chi connectivity index (χ1) is 18.4. The molecular formula is C29H39BN4O5. The molecule has 0 bridgehead atoms. The van der Waals surface area contributed by atoms with E-state index in [0.29, 0.717) is 5.92 Å². The third-order valence-corrected chi connectivity index (χ3v) is 9.19. The number of aromatic amines is 1. The molecule has 1 unspecified atom stereocenters. The number of carbonyl (C=O) groups is 1. The fraction of sp³-hybridized carbons (Fsp3) is 0.586. The monoisotopic (exact) mass is 534 g/mol. The molecule has 0 radical (unpaired) electrons. The Balaban J connectivity index is 1.30. The van der Waals surface area contributed by atoms with Crippen molar-refractivity contribution < 1.29 is 23.9 Å². The van der Waals surface area contributed by atoms with Gasteiger partial charge in [0.25, 0.3) is 0 Å². The van der Waals surface area contributed by atoms with Crippen molar-refractivity contribution in [3.05, 3.63) is 36.2 Å². The molecule has 6 rings (SSSR count). The van der Waals surface area contributed by atoms with Crippen LogP contribution in [0.2, 0.25) is 0 Å². The first kappa shape index (κ1) is 26.7. The molecule has 0 spiro atoms. The summed E-state index contributed by atoms with van der Waals surface area (Å²) in [6, 6.07) is 9.93. The maximum absolute atomic E-state index is 13.8. The van der Waals surface area contributed by atoms with E-state index in [2.05, 4.69) is 62.3 Å². The maximum Gasteiger partial charge on any atom is 0.494 e. The van der Waals surface area contributed by atoms with Gasteiger partial charge in [0.05, 0.1) is 34.3 Å². The Morgan fingerprint density at radius 2 is 1.90 bits per heavy atom. The largest absolute Gasteiger partial charge is 0.494 e. The highest BCUT2D eigenvalue weighted by Gasteiger charge is 2.56. The number of aliphatic hydroxyl groups is 1. The lowest BCUT2D eigenvalue weighted by molar-refractivity contribution is -0.146. The van der Waals surface area contributed by atoms with Gasteiger partial charge in [-0.05, 0) is 69.3 Å². The van der Waals surface area contributed by atoms with Crippen molar-refractivity contribution in [3.8, 4) is 0 Å². The van der Waals surface area contributed by atoms with Gasteiger partial charge in [-0.15, -0.1) is 0 Å². The topological polar surface area (TPSA) is 109 Å². The highest BCUT2D eigenvalue weighted by Crippen LogP contribution is 2.53. The molecular weight excluding hydrogens is 495 g/mol. The van der Waals surface area contributed by atoms with Gasteiger partial charge in [0, 0.05) is 18.5 Å². The molecule has 2 saturated heterocycles. The lowest BCUT2D eigenvalue weighted by Crippen LogP contribution is -2.53. The molecule has 2 aromatic carbocycles. The predicted molar refractivity (Wildman–Crippen MR) is 150 cm³/mol. The number of nitrogens with zero attached hydrogens (tertiary/aromatic N) is 2. The molecule has 1 aromatic heterocycles. The number of likely N-dealkylation sites (tertiary alicyclic amines) is 1. The molecule has 2 aliphatic heterocycles. The number of hydrogen-bond donors (Lipinski definition) is 3. The lowest BCUT2D eigenvalue weighted by atomic mass is 9.78. The molecule has 10 heteroatoms. The van der Waals surface area contributed by atoms with Crippen LogP contribution in [0.3, 0.4) is 0 Å². The van der Waals surface area contributed by atoms with Crippen LogP contribution >= 0.6 is 0 Å². The Morgan fingerprint density at radius 3 is 2.56 bits per heavy atom. The number of nitrogens with one attached hydrogen (secondary N) is 2. The van der Waals surface area contributed by atoms with E-state index in [1.54, 1.807) is 0 Å². The third-order valence-electron chi connectivity index (χ3n) is 9.19. The summed E-state index contributed by atoms with van der Waals surface area (Å²) in [5.74, 6) is 1.27. The fourth-order valence-electron chi connectivity index (χ4n) is 6.08. The Morgan fingerprint density at radius 1 is 1.18 bits per heavy atom. The van der Waals surface area contributed by atoms with Gasteiger partial charge >= 0.3 is 7.12 Å². The van der Waals surface area contributed by atoms with Gasteiger partial charge in [0.2, 0.25) is 12.3 Å². The van der Waals surface area contributed by atoms with Crippen LogP contribution in [-0.4, -0.2) is 69.8 Å². The molecule has 1 saturated carbocycles. The summed E-state index contributed by atoms with van der Waals surface area (Å²) >= 11 is 0. The van der Waals surface area contributed by atoms with Gasteiger partial charge in [-0.2, -0.15) is 0 Å². The average molecular weight is 534 g/mol. The van der Waals surface area contributed by atoms with Crippen LogP contribution in [-0.2, 0) is 18.8 Å². The number of rotatable bonds is 7. The number of piperidine rings is 1. The van der Waals surface area contributed by atoms with Gasteiger partial charge in [-0.1, -0.05) is 38.1 Å². The predicted octanol–water partition coefficient (Wildman–Crippen LogP) is 3.21. The van der Waals surface area contributed by atoms with Crippen LogP contribution in [0.4, 0.5) is 0 Å². The minimum Gasteiger partial charge on any atom is -0.399 e. The zero-order valence-electron chi connectivity index (χ0n) is 23.8. The van der Waals surface area contributed by atoms with Crippen molar-refractivity contribution in [3.63, 3.8) is 0 Å². The molecule has 3 aromatic rings. The first-order valence-corrected chi connectivity index (χ1v) is 14.0. The number of imidazole rings is 1. The minimum absolute atomic E-state index is 0.0152. The fourth-order valence-corrected chi connectivity index (χ4v) is 6.08. The Kier molecular flexibility index (Phi) is 6.35. The molecule has 3 heterocycles. The molecule has 5 atom stereocenters. The van der Waals surface area contributed by atoms with Crippen molar-refractivity contribution in [2.45, 2.75) is 90.1 Å². The molecule has 9 nitrogen and oxygen atoms in total. The maximum atomic E-state index is 13.8. The number of ether oxygens (including phenoxy) is 1. The van der Waals surface area contributed by atoms with Crippen LogP contribution in [0.15, 0.2) is 30.3 Å². The zero-order chi connectivity index (χ0) is 27.9. The lowest BCUT2D eigenvalue weighted by Gasteiger charge is -2.33. The second-order valence-electron chi connectivity index (χ2n) is 12.7. The molecule has 1 aliphatic carbocycles. The Hall–Kier alpha value is -2.50. The molecule has 1 amide bonds. The number of benzene rings is 2. The number of aliphatic hydroxyl groups excluding tert-OH is 1. The summed E-state index contributed by atoms with van der Waals surface area (Å²) in [4.78, 5) is 24.3. The highest BCUT2D eigenvalue weighted by atomic mass is 16.7. The number of carbonyl (C=O) groups excluding carboxylic acids is 1. The van der Waals surface area contributed by atoms with Gasteiger partial charge in [0.1, 0.15) is 5.82 Å². The molecule has 39 heavy (non-hydrogen) atoms. The van der Waals surface area contributed by atoms with E-state index in [1.807, 2.05) is 24.8 Å². The van der Waals surface area contributed by atoms with Crippen LogP contribution in [0.1, 0.15) is 66.3 Å². The molecule has 3 fully saturated rings. The Labute approximate surface area is 229 Å². The van der Waals surface area contributed by atoms with Gasteiger partial charge in [-0.25, -0.2) is 4.98 Å². The normalized spacial score (nSPS) is 26.9. The SMILES string of the molecule is COC(O)N[C@H](C(=O)N1[C@@H]2C[C@@H]2C[C@H]1c1nc2ccc3cc(B4OC(C)(C)C(C)(C)O4)ccc3c2[nH]1)C(C)C. The zero-order valence-corrected chi connectivity index (χ0v) is 23.8. The highest BCUT2D eigenvalue weighted by molar-refractivity contribution is 6.62. The van der Waals surface area contributed by atoms with E-state index in [1.165, 1.54) is 7.11 Å². The van der Waals surface area contributed by atoms with E-state index >= 15 is 0 Å². The van der Waals surface area contributed by atoms with Crippen LogP contribution in [0.25, 0.3) is 21.8 Å². The summed E-state index contributed by atoms with van der Waals surface area (Å²) in [6.07, 6.45) is 0.708. The molecule has 208 valence electrons. The van der Waals surface area contributed by atoms with Crippen LogP contribution < -0.4 is 10.8 Å². The van der Waals surface area contributed by atoms with E-state index in [4.69, 9.17) is 19.0 Å². The number of hydrogen-bond acceptors (Lipinski definition) is 7. The quantitative estimate of drug-likeness (QED) is 0.316. The van der Waals surface area contributed by atoms with Gasteiger partial charge in [0.15, 0.2) is 0 Å².